The quantitative estimate of drug-likeness (QED) is 0.922. The Morgan fingerprint density at radius 1 is 1.29 bits per heavy atom. The summed E-state index contributed by atoms with van der Waals surface area (Å²) in [7, 11) is 0. The average molecular weight is 310 g/mol. The second-order valence-corrected chi connectivity index (χ2v) is 4.33. The van der Waals surface area contributed by atoms with Crippen LogP contribution in [0, 0.1) is 11.3 Å². The molecule has 0 amide bonds. The van der Waals surface area contributed by atoms with Crippen molar-refractivity contribution in [3.05, 3.63) is 45.8 Å². The largest absolute Gasteiger partial charge is 0.338 e. The summed E-state index contributed by atoms with van der Waals surface area (Å²) in [5.74, 6) is 0.548. The number of halogens is 2. The molecular formula is C11H6BrClN4. The van der Waals surface area contributed by atoms with Crippen LogP contribution in [0.2, 0.25) is 5.02 Å². The Morgan fingerprint density at radius 2 is 2.12 bits per heavy atom. The van der Waals surface area contributed by atoms with E-state index in [1.54, 1.807) is 6.07 Å². The van der Waals surface area contributed by atoms with Crippen molar-refractivity contribution in [1.29, 1.82) is 5.26 Å². The molecule has 17 heavy (non-hydrogen) atoms. The van der Waals surface area contributed by atoms with E-state index in [9.17, 15) is 0 Å². The lowest BCUT2D eigenvalue weighted by Gasteiger charge is -2.07. The van der Waals surface area contributed by atoms with Gasteiger partial charge in [0.2, 0.25) is 0 Å². The first-order chi connectivity index (χ1) is 8.20. The highest BCUT2D eigenvalue weighted by Gasteiger charge is 2.04. The minimum atomic E-state index is 0.278. The van der Waals surface area contributed by atoms with Crippen molar-refractivity contribution in [2.75, 3.05) is 5.32 Å². The van der Waals surface area contributed by atoms with Crippen molar-refractivity contribution in [2.45, 2.75) is 0 Å². The van der Waals surface area contributed by atoms with Crippen LogP contribution in [-0.2, 0) is 0 Å². The maximum Gasteiger partial charge on any atom is 0.158 e. The third-order valence-corrected chi connectivity index (χ3v) is 3.38. The summed E-state index contributed by atoms with van der Waals surface area (Å²) in [4.78, 5) is 7.97. The van der Waals surface area contributed by atoms with Crippen LogP contribution in [0.4, 0.5) is 11.5 Å². The smallest absolute Gasteiger partial charge is 0.158 e. The van der Waals surface area contributed by atoms with Crippen molar-refractivity contribution in [3.8, 4) is 6.07 Å². The number of hydrogen-bond donors (Lipinski definition) is 1. The Hall–Kier alpha value is -1.64. The van der Waals surface area contributed by atoms with E-state index in [0.717, 1.165) is 10.2 Å². The summed E-state index contributed by atoms with van der Waals surface area (Å²) in [5, 5.41) is 12.3. The zero-order valence-corrected chi connectivity index (χ0v) is 10.8. The van der Waals surface area contributed by atoms with Crippen LogP contribution in [0.3, 0.4) is 0 Å². The molecule has 4 nitrogen and oxygen atoms in total. The summed E-state index contributed by atoms with van der Waals surface area (Å²) in [6.07, 6.45) is 2.90. The summed E-state index contributed by atoms with van der Waals surface area (Å²) in [6.45, 7) is 0. The van der Waals surface area contributed by atoms with Gasteiger partial charge in [-0.1, -0.05) is 17.7 Å². The van der Waals surface area contributed by atoms with Gasteiger partial charge in [0.25, 0.3) is 0 Å². The van der Waals surface area contributed by atoms with Crippen LogP contribution in [0.15, 0.2) is 35.1 Å². The molecule has 0 saturated heterocycles. The Bertz CT molecular complexity index is 577. The lowest BCUT2D eigenvalue weighted by Crippen LogP contribution is -1.96. The van der Waals surface area contributed by atoms with E-state index in [-0.39, 0.29) is 5.69 Å². The van der Waals surface area contributed by atoms with E-state index in [0.29, 0.717) is 10.8 Å². The molecule has 0 spiro atoms. The molecule has 0 aliphatic carbocycles. The first-order valence-corrected chi connectivity index (χ1v) is 5.81. The summed E-state index contributed by atoms with van der Waals surface area (Å²) in [6, 6.07) is 7.37. The number of benzene rings is 1. The minimum absolute atomic E-state index is 0.278. The van der Waals surface area contributed by atoms with Crippen LogP contribution >= 0.6 is 27.5 Å². The van der Waals surface area contributed by atoms with E-state index in [1.165, 1.54) is 12.4 Å². The third-order valence-electron chi connectivity index (χ3n) is 1.98. The van der Waals surface area contributed by atoms with Gasteiger partial charge in [0.05, 0.1) is 27.6 Å². The summed E-state index contributed by atoms with van der Waals surface area (Å²) >= 11 is 9.33. The number of anilines is 2. The molecule has 1 aromatic heterocycles. The number of rotatable bonds is 2. The van der Waals surface area contributed by atoms with Gasteiger partial charge in [0.1, 0.15) is 11.9 Å². The van der Waals surface area contributed by atoms with E-state index >= 15 is 0 Å². The van der Waals surface area contributed by atoms with Crippen LogP contribution in [-0.4, -0.2) is 9.97 Å². The van der Waals surface area contributed by atoms with Crippen molar-refractivity contribution >= 4 is 39.0 Å². The molecule has 0 unspecified atom stereocenters. The molecule has 0 atom stereocenters. The predicted octanol–water partition coefficient (Wildman–Crippen LogP) is 3.51. The first-order valence-electron chi connectivity index (χ1n) is 4.64. The molecule has 0 aliphatic heterocycles. The molecule has 6 heteroatoms. The summed E-state index contributed by atoms with van der Waals surface area (Å²) in [5.41, 5.74) is 1.07. The molecule has 1 aromatic carbocycles. The van der Waals surface area contributed by atoms with Gasteiger partial charge >= 0.3 is 0 Å². The molecule has 2 rings (SSSR count). The maximum absolute atomic E-state index is 8.60. The molecule has 1 heterocycles. The van der Waals surface area contributed by atoms with Gasteiger partial charge in [0.15, 0.2) is 5.69 Å². The standard InChI is InChI=1S/C11H6BrClN4/c12-11-8(13)2-1-3-9(11)17-10-6-15-7(4-14)5-16-10/h1-3,5-6H,(H,16,17). The molecule has 84 valence electrons. The molecule has 0 bridgehead atoms. The first kappa shape index (κ1) is 11.8. The number of aromatic nitrogens is 2. The van der Waals surface area contributed by atoms with Crippen molar-refractivity contribution in [2.24, 2.45) is 0 Å². The van der Waals surface area contributed by atoms with Gasteiger partial charge < -0.3 is 5.32 Å². The average Bonchev–Trinajstić information content (AvgIpc) is 2.36. The lowest BCUT2D eigenvalue weighted by atomic mass is 10.3. The van der Waals surface area contributed by atoms with Gasteiger partial charge in [-0.2, -0.15) is 5.26 Å². The molecule has 1 N–H and O–H groups in total. The monoisotopic (exact) mass is 308 g/mol. The molecular weight excluding hydrogens is 304 g/mol. The Morgan fingerprint density at radius 3 is 2.76 bits per heavy atom. The normalized spacial score (nSPS) is 9.71. The fraction of sp³-hybridized carbons (Fsp3) is 0. The molecule has 0 aliphatic rings. The third kappa shape index (κ3) is 2.73. The second kappa shape index (κ2) is 5.13. The number of nitrogens with zero attached hydrogens (tertiary/aromatic N) is 3. The van der Waals surface area contributed by atoms with E-state index in [1.807, 2.05) is 18.2 Å². The highest BCUT2D eigenvalue weighted by atomic mass is 79.9. The van der Waals surface area contributed by atoms with Crippen LogP contribution < -0.4 is 5.32 Å². The fourth-order valence-corrected chi connectivity index (χ4v) is 1.73. The van der Waals surface area contributed by atoms with Gasteiger partial charge in [-0.3, -0.25) is 0 Å². The lowest BCUT2D eigenvalue weighted by molar-refractivity contribution is 1.16. The zero-order valence-electron chi connectivity index (χ0n) is 8.48. The van der Waals surface area contributed by atoms with Gasteiger partial charge in [0, 0.05) is 0 Å². The van der Waals surface area contributed by atoms with Crippen LogP contribution in [0.1, 0.15) is 5.69 Å². The Labute approximate surface area is 111 Å². The Balaban J connectivity index is 2.26. The predicted molar refractivity (Wildman–Crippen MR) is 69.2 cm³/mol. The van der Waals surface area contributed by atoms with Gasteiger partial charge in [-0.05, 0) is 28.1 Å². The SMILES string of the molecule is N#Cc1cnc(Nc2cccc(Cl)c2Br)cn1. The highest BCUT2D eigenvalue weighted by Crippen LogP contribution is 2.31. The van der Waals surface area contributed by atoms with Crippen molar-refractivity contribution < 1.29 is 0 Å². The Kier molecular flexibility index (Phi) is 3.57. The number of hydrogen-bond acceptors (Lipinski definition) is 4. The molecule has 0 saturated carbocycles. The van der Waals surface area contributed by atoms with Gasteiger partial charge in [-0.25, -0.2) is 9.97 Å². The van der Waals surface area contributed by atoms with E-state index in [2.05, 4.69) is 31.2 Å². The maximum atomic E-state index is 8.60. The summed E-state index contributed by atoms with van der Waals surface area (Å²) < 4.78 is 0.757. The van der Waals surface area contributed by atoms with E-state index < -0.39 is 0 Å². The van der Waals surface area contributed by atoms with Crippen molar-refractivity contribution in [3.63, 3.8) is 0 Å². The second-order valence-electron chi connectivity index (χ2n) is 3.13. The fourth-order valence-electron chi connectivity index (χ4n) is 1.19. The van der Waals surface area contributed by atoms with Crippen LogP contribution in [0.5, 0.6) is 0 Å². The zero-order chi connectivity index (χ0) is 12.3. The molecule has 0 radical (unpaired) electrons. The minimum Gasteiger partial charge on any atom is -0.338 e. The van der Waals surface area contributed by atoms with E-state index in [4.69, 9.17) is 16.9 Å². The van der Waals surface area contributed by atoms with Gasteiger partial charge in [-0.15, -0.1) is 0 Å². The molecule has 2 aromatic rings. The molecule has 0 fully saturated rings. The van der Waals surface area contributed by atoms with Crippen LogP contribution in [0.25, 0.3) is 0 Å². The topological polar surface area (TPSA) is 61.6 Å². The number of nitriles is 1. The highest BCUT2D eigenvalue weighted by molar-refractivity contribution is 9.10. The van der Waals surface area contributed by atoms with Crippen molar-refractivity contribution in [1.82, 2.24) is 9.97 Å². The number of nitrogens with one attached hydrogen (secondary N) is 1.